The Morgan fingerprint density at radius 2 is 1.63 bits per heavy atom. The Balaban J connectivity index is 1.70. The molecule has 2 aromatic carbocycles. The van der Waals surface area contributed by atoms with E-state index in [-0.39, 0.29) is 33.9 Å². The van der Waals surface area contributed by atoms with E-state index in [2.05, 4.69) is 0 Å². The van der Waals surface area contributed by atoms with Crippen molar-refractivity contribution in [3.63, 3.8) is 0 Å². The molecule has 0 saturated carbocycles. The molecule has 0 unspecified atom stereocenters. The quantitative estimate of drug-likeness (QED) is 0.749. The molecule has 1 fully saturated rings. The first-order valence-corrected chi connectivity index (χ1v) is 10.4. The van der Waals surface area contributed by atoms with Crippen LogP contribution >= 0.6 is 23.2 Å². The van der Waals surface area contributed by atoms with Crippen LogP contribution in [0.5, 0.6) is 5.75 Å². The molecule has 9 heteroatoms. The van der Waals surface area contributed by atoms with Crippen molar-refractivity contribution in [3.05, 3.63) is 58.1 Å². The smallest absolute Gasteiger partial charge is 0.253 e. The standard InChI is InChI=1S/C18H18Cl2N2O4S/c1-26-14-7-5-13(6-8-14)18(23)21-9-11-22(12-10-21)27(24,25)16-4-2-3-15(19)17(16)20/h2-8H,9-12H2,1H3. The lowest BCUT2D eigenvalue weighted by Gasteiger charge is -2.34. The maximum absolute atomic E-state index is 12.8. The van der Waals surface area contributed by atoms with E-state index in [0.717, 1.165) is 0 Å². The molecule has 0 spiro atoms. The molecule has 1 heterocycles. The Labute approximate surface area is 168 Å². The van der Waals surface area contributed by atoms with Gasteiger partial charge in [0.05, 0.1) is 17.2 Å². The van der Waals surface area contributed by atoms with Gasteiger partial charge in [-0.25, -0.2) is 8.42 Å². The van der Waals surface area contributed by atoms with E-state index in [1.165, 1.54) is 16.4 Å². The zero-order valence-corrected chi connectivity index (χ0v) is 16.9. The van der Waals surface area contributed by atoms with Gasteiger partial charge in [-0.15, -0.1) is 0 Å². The van der Waals surface area contributed by atoms with Crippen LogP contribution in [0.1, 0.15) is 10.4 Å². The Morgan fingerprint density at radius 1 is 1.00 bits per heavy atom. The maximum atomic E-state index is 12.8. The van der Waals surface area contributed by atoms with Gasteiger partial charge in [0.25, 0.3) is 5.91 Å². The van der Waals surface area contributed by atoms with Gasteiger partial charge in [0.2, 0.25) is 10.0 Å². The highest BCUT2D eigenvalue weighted by molar-refractivity contribution is 7.89. The number of ether oxygens (including phenoxy) is 1. The van der Waals surface area contributed by atoms with Crippen LogP contribution in [-0.4, -0.2) is 56.8 Å². The number of hydrogen-bond donors (Lipinski definition) is 0. The molecular weight excluding hydrogens is 411 g/mol. The lowest BCUT2D eigenvalue weighted by Crippen LogP contribution is -2.50. The molecule has 1 amide bonds. The number of rotatable bonds is 4. The Hall–Kier alpha value is -1.80. The topological polar surface area (TPSA) is 66.9 Å². The van der Waals surface area contributed by atoms with Crippen LogP contribution in [0.15, 0.2) is 47.4 Å². The number of sulfonamides is 1. The average molecular weight is 429 g/mol. The largest absolute Gasteiger partial charge is 0.497 e. The van der Waals surface area contributed by atoms with Crippen LogP contribution in [0.3, 0.4) is 0 Å². The molecular formula is C18H18Cl2N2O4S. The van der Waals surface area contributed by atoms with E-state index >= 15 is 0 Å². The predicted molar refractivity (Wildman–Crippen MR) is 104 cm³/mol. The fourth-order valence-electron chi connectivity index (χ4n) is 2.87. The monoisotopic (exact) mass is 428 g/mol. The van der Waals surface area contributed by atoms with Gasteiger partial charge < -0.3 is 9.64 Å². The third-order valence-electron chi connectivity index (χ3n) is 4.40. The molecule has 0 radical (unpaired) electrons. The molecule has 0 N–H and O–H groups in total. The lowest BCUT2D eigenvalue weighted by atomic mass is 10.2. The second kappa shape index (κ2) is 8.06. The summed E-state index contributed by atoms with van der Waals surface area (Å²) in [5.41, 5.74) is 0.532. The summed E-state index contributed by atoms with van der Waals surface area (Å²) in [5.74, 6) is 0.524. The van der Waals surface area contributed by atoms with E-state index < -0.39 is 10.0 Å². The highest BCUT2D eigenvalue weighted by Gasteiger charge is 2.32. The SMILES string of the molecule is COc1ccc(C(=O)N2CCN(S(=O)(=O)c3cccc(Cl)c3Cl)CC2)cc1. The number of hydrogen-bond acceptors (Lipinski definition) is 4. The Kier molecular flexibility index (Phi) is 5.95. The first kappa shape index (κ1) is 19.9. The molecule has 0 bridgehead atoms. The molecule has 6 nitrogen and oxygen atoms in total. The van der Waals surface area contributed by atoms with Gasteiger partial charge in [0.1, 0.15) is 10.6 Å². The van der Waals surface area contributed by atoms with Gasteiger partial charge >= 0.3 is 0 Å². The molecule has 1 aliphatic rings. The molecule has 27 heavy (non-hydrogen) atoms. The number of methoxy groups -OCH3 is 1. The van der Waals surface area contributed by atoms with Crippen LogP contribution in [0.4, 0.5) is 0 Å². The zero-order valence-electron chi connectivity index (χ0n) is 14.6. The molecule has 3 rings (SSSR count). The van der Waals surface area contributed by atoms with Crippen molar-refractivity contribution >= 4 is 39.1 Å². The van der Waals surface area contributed by atoms with Crippen LogP contribution in [0.25, 0.3) is 0 Å². The van der Waals surface area contributed by atoms with Crippen molar-refractivity contribution in [1.29, 1.82) is 0 Å². The van der Waals surface area contributed by atoms with Crippen molar-refractivity contribution in [1.82, 2.24) is 9.21 Å². The summed E-state index contributed by atoms with van der Waals surface area (Å²) in [6.45, 7) is 0.963. The summed E-state index contributed by atoms with van der Waals surface area (Å²) in [7, 11) is -2.22. The first-order chi connectivity index (χ1) is 12.8. The molecule has 1 saturated heterocycles. The van der Waals surface area contributed by atoms with E-state index in [0.29, 0.717) is 24.4 Å². The predicted octanol–water partition coefficient (Wildman–Crippen LogP) is 3.15. The van der Waals surface area contributed by atoms with Crippen LogP contribution < -0.4 is 4.74 Å². The average Bonchev–Trinajstić information content (AvgIpc) is 2.69. The molecule has 0 aromatic heterocycles. The second-order valence-electron chi connectivity index (χ2n) is 5.98. The third kappa shape index (κ3) is 4.06. The van der Waals surface area contributed by atoms with Crippen molar-refractivity contribution in [2.24, 2.45) is 0 Å². The highest BCUT2D eigenvalue weighted by Crippen LogP contribution is 2.31. The second-order valence-corrected chi connectivity index (χ2v) is 8.67. The number of halogens is 2. The summed E-state index contributed by atoms with van der Waals surface area (Å²) >= 11 is 12.0. The number of piperazine rings is 1. The highest BCUT2D eigenvalue weighted by atomic mass is 35.5. The number of benzene rings is 2. The number of nitrogens with zero attached hydrogens (tertiary/aromatic N) is 2. The van der Waals surface area contributed by atoms with Crippen LogP contribution in [0, 0.1) is 0 Å². The van der Waals surface area contributed by atoms with Crippen molar-refractivity contribution in [3.8, 4) is 5.75 Å². The zero-order chi connectivity index (χ0) is 19.6. The van der Waals surface area contributed by atoms with Gasteiger partial charge in [0.15, 0.2) is 0 Å². The fraction of sp³-hybridized carbons (Fsp3) is 0.278. The van der Waals surface area contributed by atoms with Gasteiger partial charge in [-0.05, 0) is 36.4 Å². The number of carbonyl (C=O) groups is 1. The molecule has 0 atom stereocenters. The van der Waals surface area contributed by atoms with E-state index in [1.807, 2.05) is 0 Å². The van der Waals surface area contributed by atoms with Crippen molar-refractivity contribution < 1.29 is 17.9 Å². The summed E-state index contributed by atoms with van der Waals surface area (Å²) in [5, 5.41) is 0.196. The minimum atomic E-state index is -3.78. The lowest BCUT2D eigenvalue weighted by molar-refractivity contribution is 0.0698. The van der Waals surface area contributed by atoms with Crippen LogP contribution in [0.2, 0.25) is 10.0 Å². The molecule has 2 aromatic rings. The van der Waals surface area contributed by atoms with E-state index in [1.54, 1.807) is 42.3 Å². The molecule has 144 valence electrons. The Bertz CT molecular complexity index is 940. The van der Waals surface area contributed by atoms with Crippen molar-refractivity contribution in [2.45, 2.75) is 4.90 Å². The minimum absolute atomic E-state index is 0.0101. The maximum Gasteiger partial charge on any atom is 0.253 e. The Morgan fingerprint density at radius 3 is 2.22 bits per heavy atom. The fourth-order valence-corrected chi connectivity index (χ4v) is 5.03. The molecule has 0 aliphatic carbocycles. The van der Waals surface area contributed by atoms with Gasteiger partial charge in [0, 0.05) is 31.7 Å². The summed E-state index contributed by atoms with van der Waals surface area (Å²) in [6, 6.07) is 11.3. The summed E-state index contributed by atoms with van der Waals surface area (Å²) in [4.78, 5) is 14.2. The van der Waals surface area contributed by atoms with E-state index in [9.17, 15) is 13.2 Å². The van der Waals surface area contributed by atoms with Gasteiger partial charge in [-0.2, -0.15) is 4.31 Å². The molecule has 1 aliphatic heterocycles. The van der Waals surface area contributed by atoms with Crippen LogP contribution in [-0.2, 0) is 10.0 Å². The number of amides is 1. The minimum Gasteiger partial charge on any atom is -0.497 e. The third-order valence-corrected chi connectivity index (χ3v) is 7.27. The number of carbonyl (C=O) groups excluding carboxylic acids is 1. The van der Waals surface area contributed by atoms with Crippen molar-refractivity contribution in [2.75, 3.05) is 33.3 Å². The normalized spacial score (nSPS) is 15.6. The van der Waals surface area contributed by atoms with Gasteiger partial charge in [-0.3, -0.25) is 4.79 Å². The summed E-state index contributed by atoms with van der Waals surface area (Å²) in [6.07, 6.45) is 0. The van der Waals surface area contributed by atoms with Gasteiger partial charge in [-0.1, -0.05) is 29.3 Å². The first-order valence-electron chi connectivity index (χ1n) is 8.22. The van der Waals surface area contributed by atoms with E-state index in [4.69, 9.17) is 27.9 Å². The summed E-state index contributed by atoms with van der Waals surface area (Å²) < 4.78 is 32.1.